The van der Waals surface area contributed by atoms with Gasteiger partial charge in [0.05, 0.1) is 5.69 Å². The Balaban J connectivity index is 2.10. The Hall–Kier alpha value is -2.10. The minimum atomic E-state index is 0.290. The fourth-order valence-electron chi connectivity index (χ4n) is 2.38. The maximum Gasteiger partial charge on any atom is 0.231 e. The van der Waals surface area contributed by atoms with Crippen LogP contribution in [0.15, 0.2) is 24.5 Å². The maximum absolute atomic E-state index is 5.41. The number of nitrogens with zero attached hydrogens (tertiary/aromatic N) is 2. The Bertz CT molecular complexity index is 624. The summed E-state index contributed by atoms with van der Waals surface area (Å²) in [5.74, 6) is 1.96. The molecule has 3 rings (SSSR count). The number of aromatic nitrogens is 2. The minimum Gasteiger partial charge on any atom is -0.454 e. The average molecular weight is 256 g/mol. The summed E-state index contributed by atoms with van der Waals surface area (Å²) >= 11 is 0. The molecule has 0 saturated carbocycles. The molecule has 1 aromatic carbocycles. The molecule has 98 valence electrons. The number of benzene rings is 1. The first-order chi connectivity index (χ1) is 9.16. The third-order valence-electron chi connectivity index (χ3n) is 3.32. The predicted octanol–water partition coefficient (Wildman–Crippen LogP) is 3.30. The van der Waals surface area contributed by atoms with Gasteiger partial charge in [-0.3, -0.25) is 0 Å². The lowest BCUT2D eigenvalue weighted by Crippen LogP contribution is -2.00. The van der Waals surface area contributed by atoms with Crippen molar-refractivity contribution in [2.24, 2.45) is 0 Å². The third-order valence-corrected chi connectivity index (χ3v) is 3.32. The number of fused-ring (bicyclic) bond motifs is 1. The molecule has 0 spiro atoms. The van der Waals surface area contributed by atoms with E-state index in [0.29, 0.717) is 12.7 Å². The Labute approximate surface area is 112 Å². The molecular formula is C15H16N2O2. The van der Waals surface area contributed by atoms with Crippen LogP contribution < -0.4 is 9.47 Å². The van der Waals surface area contributed by atoms with Gasteiger partial charge < -0.3 is 9.47 Å². The predicted molar refractivity (Wildman–Crippen MR) is 72.4 cm³/mol. The first-order valence-corrected chi connectivity index (χ1v) is 6.38. The Morgan fingerprint density at radius 1 is 1.11 bits per heavy atom. The molecule has 2 aromatic rings. The van der Waals surface area contributed by atoms with Gasteiger partial charge in [-0.25, -0.2) is 9.97 Å². The Kier molecular flexibility index (Phi) is 2.85. The van der Waals surface area contributed by atoms with Crippen LogP contribution in [-0.2, 0) is 0 Å². The van der Waals surface area contributed by atoms with Crippen molar-refractivity contribution in [1.29, 1.82) is 0 Å². The van der Waals surface area contributed by atoms with Crippen molar-refractivity contribution < 1.29 is 9.47 Å². The standard InChI is InChI=1S/C15H16N2O2/c1-9(2)14-10(3)15(17-7-16-14)11-4-5-12-13(6-11)19-8-18-12/h4-7,9H,8H2,1-3H3. The lowest BCUT2D eigenvalue weighted by Gasteiger charge is -2.12. The van der Waals surface area contributed by atoms with Crippen molar-refractivity contribution in [2.75, 3.05) is 6.79 Å². The Morgan fingerprint density at radius 2 is 1.89 bits per heavy atom. The molecule has 0 bridgehead atoms. The number of hydrogen-bond donors (Lipinski definition) is 0. The molecule has 0 saturated heterocycles. The quantitative estimate of drug-likeness (QED) is 0.827. The summed E-state index contributed by atoms with van der Waals surface area (Å²) in [6.07, 6.45) is 1.63. The van der Waals surface area contributed by atoms with Crippen LogP contribution in [0.1, 0.15) is 31.0 Å². The van der Waals surface area contributed by atoms with Crippen LogP contribution in [0.4, 0.5) is 0 Å². The van der Waals surface area contributed by atoms with Crippen molar-refractivity contribution in [3.63, 3.8) is 0 Å². The summed E-state index contributed by atoms with van der Waals surface area (Å²) in [4.78, 5) is 8.78. The van der Waals surface area contributed by atoms with Gasteiger partial charge in [0.25, 0.3) is 0 Å². The van der Waals surface area contributed by atoms with E-state index in [0.717, 1.165) is 34.0 Å². The largest absolute Gasteiger partial charge is 0.454 e. The fraction of sp³-hybridized carbons (Fsp3) is 0.333. The molecule has 0 amide bonds. The van der Waals surface area contributed by atoms with Gasteiger partial charge in [0.2, 0.25) is 6.79 Å². The van der Waals surface area contributed by atoms with Crippen molar-refractivity contribution in [3.8, 4) is 22.8 Å². The molecule has 19 heavy (non-hydrogen) atoms. The Morgan fingerprint density at radius 3 is 2.68 bits per heavy atom. The van der Waals surface area contributed by atoms with Gasteiger partial charge >= 0.3 is 0 Å². The van der Waals surface area contributed by atoms with Crippen LogP contribution in [0.5, 0.6) is 11.5 Å². The van der Waals surface area contributed by atoms with Gasteiger partial charge in [-0.15, -0.1) is 0 Å². The maximum atomic E-state index is 5.41. The van der Waals surface area contributed by atoms with Crippen molar-refractivity contribution in [2.45, 2.75) is 26.7 Å². The summed E-state index contributed by atoms with van der Waals surface area (Å²) in [5.41, 5.74) is 4.20. The lowest BCUT2D eigenvalue weighted by atomic mass is 10.00. The van der Waals surface area contributed by atoms with Gasteiger partial charge in [-0.1, -0.05) is 13.8 Å². The molecule has 1 aromatic heterocycles. The highest BCUT2D eigenvalue weighted by Gasteiger charge is 2.17. The summed E-state index contributed by atoms with van der Waals surface area (Å²) in [6.45, 7) is 6.63. The highest BCUT2D eigenvalue weighted by atomic mass is 16.7. The zero-order valence-electron chi connectivity index (χ0n) is 11.3. The van der Waals surface area contributed by atoms with E-state index >= 15 is 0 Å². The molecule has 4 nitrogen and oxygen atoms in total. The van der Waals surface area contributed by atoms with Gasteiger partial charge in [0.15, 0.2) is 11.5 Å². The topological polar surface area (TPSA) is 44.2 Å². The van der Waals surface area contributed by atoms with E-state index in [2.05, 4.69) is 30.7 Å². The van der Waals surface area contributed by atoms with Crippen LogP contribution in [0.2, 0.25) is 0 Å². The normalized spacial score (nSPS) is 13.1. The van der Waals surface area contributed by atoms with Crippen LogP contribution in [0, 0.1) is 6.92 Å². The first kappa shape index (κ1) is 12.0. The molecule has 0 fully saturated rings. The second-order valence-electron chi connectivity index (χ2n) is 4.96. The molecule has 0 aliphatic carbocycles. The van der Waals surface area contributed by atoms with Gasteiger partial charge in [0, 0.05) is 11.3 Å². The molecule has 2 heterocycles. The molecule has 0 N–H and O–H groups in total. The van der Waals surface area contributed by atoms with Gasteiger partial charge in [0.1, 0.15) is 6.33 Å². The van der Waals surface area contributed by atoms with Crippen LogP contribution in [-0.4, -0.2) is 16.8 Å². The molecule has 4 heteroatoms. The molecule has 0 radical (unpaired) electrons. The monoisotopic (exact) mass is 256 g/mol. The van der Waals surface area contributed by atoms with Crippen LogP contribution in [0.25, 0.3) is 11.3 Å². The van der Waals surface area contributed by atoms with Crippen LogP contribution >= 0.6 is 0 Å². The second-order valence-corrected chi connectivity index (χ2v) is 4.96. The smallest absolute Gasteiger partial charge is 0.231 e. The SMILES string of the molecule is Cc1c(-c2ccc3c(c2)OCO3)ncnc1C(C)C. The fourth-order valence-corrected chi connectivity index (χ4v) is 2.38. The summed E-state index contributed by atoms with van der Waals surface area (Å²) in [5, 5.41) is 0. The van der Waals surface area contributed by atoms with Crippen molar-refractivity contribution in [3.05, 3.63) is 35.8 Å². The van der Waals surface area contributed by atoms with Crippen molar-refractivity contribution in [1.82, 2.24) is 9.97 Å². The molecule has 1 aliphatic heterocycles. The highest BCUT2D eigenvalue weighted by Crippen LogP contribution is 2.36. The molecular weight excluding hydrogens is 240 g/mol. The van der Waals surface area contributed by atoms with Crippen LogP contribution in [0.3, 0.4) is 0 Å². The van der Waals surface area contributed by atoms with E-state index in [1.165, 1.54) is 0 Å². The van der Waals surface area contributed by atoms with E-state index < -0.39 is 0 Å². The van der Waals surface area contributed by atoms with E-state index in [1.54, 1.807) is 6.33 Å². The van der Waals surface area contributed by atoms with E-state index in [1.807, 2.05) is 18.2 Å². The summed E-state index contributed by atoms with van der Waals surface area (Å²) in [7, 11) is 0. The number of hydrogen-bond acceptors (Lipinski definition) is 4. The number of rotatable bonds is 2. The zero-order chi connectivity index (χ0) is 13.4. The van der Waals surface area contributed by atoms with Gasteiger partial charge in [-0.05, 0) is 36.6 Å². The third kappa shape index (κ3) is 2.03. The highest BCUT2D eigenvalue weighted by molar-refractivity contribution is 5.67. The molecule has 0 atom stereocenters. The second kappa shape index (κ2) is 4.53. The molecule has 1 aliphatic rings. The van der Waals surface area contributed by atoms with E-state index in [4.69, 9.17) is 9.47 Å². The van der Waals surface area contributed by atoms with Gasteiger partial charge in [-0.2, -0.15) is 0 Å². The minimum absolute atomic E-state index is 0.290. The zero-order valence-corrected chi connectivity index (χ0v) is 11.3. The average Bonchev–Trinajstić information content (AvgIpc) is 2.85. The van der Waals surface area contributed by atoms with E-state index in [9.17, 15) is 0 Å². The van der Waals surface area contributed by atoms with E-state index in [-0.39, 0.29) is 0 Å². The lowest BCUT2D eigenvalue weighted by molar-refractivity contribution is 0.174. The summed E-state index contributed by atoms with van der Waals surface area (Å²) < 4.78 is 10.7. The molecule has 0 unspecified atom stereocenters. The van der Waals surface area contributed by atoms with Crippen molar-refractivity contribution >= 4 is 0 Å². The number of ether oxygens (including phenoxy) is 2. The first-order valence-electron chi connectivity index (χ1n) is 6.38. The summed E-state index contributed by atoms with van der Waals surface area (Å²) in [6, 6.07) is 5.91.